The zero-order valence-corrected chi connectivity index (χ0v) is 51.6. The summed E-state index contributed by atoms with van der Waals surface area (Å²) < 4.78 is 16.8. The van der Waals surface area contributed by atoms with Crippen LogP contribution in [0.4, 0.5) is 0 Å². The van der Waals surface area contributed by atoms with Crippen LogP contribution in [0.5, 0.6) is 0 Å². The Morgan fingerprint density at radius 3 is 0.873 bits per heavy atom. The molecule has 1 unspecified atom stereocenters. The highest BCUT2D eigenvalue weighted by molar-refractivity contribution is 5.71. The molecule has 6 nitrogen and oxygen atoms in total. The molecule has 450 valence electrons. The van der Waals surface area contributed by atoms with Crippen molar-refractivity contribution in [1.29, 1.82) is 0 Å². The Bertz CT molecular complexity index is 1640. The van der Waals surface area contributed by atoms with Crippen LogP contribution in [0, 0.1) is 0 Å². The predicted octanol–water partition coefficient (Wildman–Crippen LogP) is 22.8. The van der Waals surface area contributed by atoms with E-state index in [1.54, 1.807) is 0 Å². The quantitative estimate of drug-likeness (QED) is 0.0261. The molecule has 0 fully saturated rings. The van der Waals surface area contributed by atoms with Gasteiger partial charge in [-0.3, -0.25) is 14.4 Å². The van der Waals surface area contributed by atoms with Gasteiger partial charge in [-0.25, -0.2) is 0 Å². The Morgan fingerprint density at radius 1 is 0.266 bits per heavy atom. The smallest absolute Gasteiger partial charge is 0.306 e. The van der Waals surface area contributed by atoms with Gasteiger partial charge in [0.1, 0.15) is 13.2 Å². The minimum absolute atomic E-state index is 0.117. The van der Waals surface area contributed by atoms with Crippen molar-refractivity contribution in [2.24, 2.45) is 0 Å². The third kappa shape index (κ3) is 64.5. The Labute approximate surface area is 488 Å². The third-order valence-electron chi connectivity index (χ3n) is 13.9. The SMILES string of the molecule is CC/C=C\C/C=C\C/C=C\C/C=C\CCCCC(=O)OC(COC(=O)CC/C=C\C/C=C\C/C=C\C/C=C\CC)COC(=O)CCCCCCCCCCCCCCCCCCCCCCC/C=C\C/C=C\CCCCCCC. The van der Waals surface area contributed by atoms with E-state index in [4.69, 9.17) is 14.2 Å². The summed E-state index contributed by atoms with van der Waals surface area (Å²) >= 11 is 0. The van der Waals surface area contributed by atoms with Crippen LogP contribution in [0.3, 0.4) is 0 Å². The van der Waals surface area contributed by atoms with Gasteiger partial charge in [-0.2, -0.15) is 0 Å². The minimum Gasteiger partial charge on any atom is -0.462 e. The van der Waals surface area contributed by atoms with Crippen molar-refractivity contribution in [3.8, 4) is 0 Å². The van der Waals surface area contributed by atoms with E-state index in [1.807, 2.05) is 12.2 Å². The zero-order chi connectivity index (χ0) is 57.1. The van der Waals surface area contributed by atoms with Crippen LogP contribution >= 0.6 is 0 Å². The number of hydrogen-bond donors (Lipinski definition) is 0. The molecular formula is C73H122O6. The summed E-state index contributed by atoms with van der Waals surface area (Å²) in [5.41, 5.74) is 0. The summed E-state index contributed by atoms with van der Waals surface area (Å²) in [6.45, 7) is 6.31. The fourth-order valence-corrected chi connectivity index (χ4v) is 9.07. The number of unbranched alkanes of at least 4 members (excludes halogenated alkanes) is 28. The van der Waals surface area contributed by atoms with Crippen molar-refractivity contribution >= 4 is 17.9 Å². The molecule has 0 aliphatic heterocycles. The van der Waals surface area contributed by atoms with Crippen LogP contribution in [0.25, 0.3) is 0 Å². The highest BCUT2D eigenvalue weighted by atomic mass is 16.6. The second-order valence-electron chi connectivity index (χ2n) is 21.6. The lowest BCUT2D eigenvalue weighted by molar-refractivity contribution is -0.166. The predicted molar refractivity (Wildman–Crippen MR) is 343 cm³/mol. The van der Waals surface area contributed by atoms with Gasteiger partial charge >= 0.3 is 17.9 Å². The number of carbonyl (C=O) groups excluding carboxylic acids is 3. The lowest BCUT2D eigenvalue weighted by Crippen LogP contribution is -2.30. The first-order valence-electron chi connectivity index (χ1n) is 33.0. The fourth-order valence-electron chi connectivity index (χ4n) is 9.07. The number of allylic oxidation sites excluding steroid dienone is 20. The van der Waals surface area contributed by atoms with E-state index < -0.39 is 6.10 Å². The van der Waals surface area contributed by atoms with Gasteiger partial charge in [-0.05, 0) is 116 Å². The Hall–Kier alpha value is -4.19. The highest BCUT2D eigenvalue weighted by Crippen LogP contribution is 2.17. The molecular weight excluding hydrogens is 973 g/mol. The summed E-state index contributed by atoms with van der Waals surface area (Å²) in [7, 11) is 0. The number of hydrogen-bond acceptors (Lipinski definition) is 6. The van der Waals surface area contributed by atoms with E-state index in [2.05, 4.69) is 130 Å². The normalized spacial score (nSPS) is 12.9. The Morgan fingerprint density at radius 2 is 0.519 bits per heavy atom. The number of carbonyl (C=O) groups is 3. The summed E-state index contributed by atoms with van der Waals surface area (Å²) in [5.74, 6) is -1.04. The second-order valence-corrected chi connectivity index (χ2v) is 21.6. The van der Waals surface area contributed by atoms with E-state index in [1.165, 1.54) is 161 Å². The molecule has 0 rings (SSSR count). The lowest BCUT2D eigenvalue weighted by atomic mass is 10.0. The van der Waals surface area contributed by atoms with E-state index in [-0.39, 0.29) is 44.0 Å². The topological polar surface area (TPSA) is 78.9 Å². The third-order valence-corrected chi connectivity index (χ3v) is 13.9. The van der Waals surface area contributed by atoms with Crippen molar-refractivity contribution in [1.82, 2.24) is 0 Å². The van der Waals surface area contributed by atoms with Crippen molar-refractivity contribution in [2.75, 3.05) is 13.2 Å². The molecule has 79 heavy (non-hydrogen) atoms. The largest absolute Gasteiger partial charge is 0.462 e. The van der Waals surface area contributed by atoms with Crippen molar-refractivity contribution in [2.45, 2.75) is 309 Å². The van der Waals surface area contributed by atoms with Gasteiger partial charge in [0.15, 0.2) is 6.10 Å². The number of rotatable bonds is 59. The molecule has 1 atom stereocenters. The van der Waals surface area contributed by atoms with Gasteiger partial charge in [-0.1, -0.05) is 290 Å². The van der Waals surface area contributed by atoms with Gasteiger partial charge in [0.2, 0.25) is 0 Å². The van der Waals surface area contributed by atoms with Crippen molar-refractivity contribution in [3.63, 3.8) is 0 Å². The first-order chi connectivity index (χ1) is 39.0. The molecule has 0 spiro atoms. The van der Waals surface area contributed by atoms with Gasteiger partial charge in [0.05, 0.1) is 0 Å². The molecule has 6 heteroatoms. The van der Waals surface area contributed by atoms with Crippen LogP contribution in [-0.4, -0.2) is 37.2 Å². The molecule has 0 saturated heterocycles. The number of esters is 3. The fraction of sp³-hybridized carbons (Fsp3) is 0.685. The molecule has 0 aliphatic carbocycles. The molecule has 0 N–H and O–H groups in total. The van der Waals surface area contributed by atoms with E-state index in [9.17, 15) is 14.4 Å². The zero-order valence-electron chi connectivity index (χ0n) is 51.6. The highest BCUT2D eigenvalue weighted by Gasteiger charge is 2.19. The van der Waals surface area contributed by atoms with Gasteiger partial charge in [0, 0.05) is 19.3 Å². The maximum absolute atomic E-state index is 12.8. The van der Waals surface area contributed by atoms with E-state index in [0.717, 1.165) is 89.9 Å². The monoisotopic (exact) mass is 1090 g/mol. The van der Waals surface area contributed by atoms with Crippen molar-refractivity contribution < 1.29 is 28.6 Å². The first kappa shape index (κ1) is 74.8. The van der Waals surface area contributed by atoms with Crippen molar-refractivity contribution in [3.05, 3.63) is 122 Å². The molecule has 0 heterocycles. The van der Waals surface area contributed by atoms with Crippen LogP contribution < -0.4 is 0 Å². The summed E-state index contributed by atoms with van der Waals surface area (Å²) in [6, 6.07) is 0. The van der Waals surface area contributed by atoms with E-state index >= 15 is 0 Å². The maximum atomic E-state index is 12.8. The lowest BCUT2D eigenvalue weighted by Gasteiger charge is -2.18. The maximum Gasteiger partial charge on any atom is 0.306 e. The summed E-state index contributed by atoms with van der Waals surface area (Å²) in [6.07, 6.45) is 92.6. The van der Waals surface area contributed by atoms with Crippen LogP contribution in [0.15, 0.2) is 122 Å². The standard InChI is InChI=1S/C73H122O6/c1-4-7-10-13-16-19-22-25-27-28-29-30-31-32-33-34-35-36-37-38-39-40-41-42-43-44-46-48-51-54-57-60-63-66-72(75)78-69-70(68-77-71(74)65-62-59-56-53-50-47-24-21-18-15-12-9-6-3)79-73(76)67-64-61-58-55-52-49-45-26-23-20-17-14-11-8-5-2/h8-9,11-12,17-18,20-22,25-26,28-29,45,47,50,52,55-56,59,70H,4-7,10,13-16,19,23-24,27,30-44,46,48-49,51,53-54,57-58,60-69H2,1-3H3/b11-8-,12-9-,20-17-,21-18-,25-22-,29-28-,45-26-,50-47-,55-52-,59-56-. The molecule has 0 saturated carbocycles. The Kier molecular flexibility index (Phi) is 62.8. The summed E-state index contributed by atoms with van der Waals surface area (Å²) in [5, 5.41) is 0. The van der Waals surface area contributed by atoms with Crippen LogP contribution in [0.2, 0.25) is 0 Å². The molecule has 0 aliphatic rings. The molecule has 0 radical (unpaired) electrons. The average Bonchev–Trinajstić information content (AvgIpc) is 3.45. The molecule has 0 aromatic heterocycles. The number of ether oxygens (including phenoxy) is 3. The molecule has 0 amide bonds. The molecule has 0 aromatic carbocycles. The minimum atomic E-state index is -0.831. The second kappa shape index (κ2) is 66.3. The molecule has 0 aromatic rings. The first-order valence-corrected chi connectivity index (χ1v) is 33.0. The summed E-state index contributed by atoms with van der Waals surface area (Å²) in [4.78, 5) is 38.2. The average molecular weight is 1100 g/mol. The van der Waals surface area contributed by atoms with Crippen LogP contribution in [-0.2, 0) is 28.6 Å². The van der Waals surface area contributed by atoms with Gasteiger partial charge < -0.3 is 14.2 Å². The van der Waals surface area contributed by atoms with E-state index in [0.29, 0.717) is 19.3 Å². The Balaban J connectivity index is 4.19. The van der Waals surface area contributed by atoms with Gasteiger partial charge in [0.25, 0.3) is 0 Å². The molecule has 0 bridgehead atoms. The van der Waals surface area contributed by atoms with Gasteiger partial charge in [-0.15, -0.1) is 0 Å². The van der Waals surface area contributed by atoms with Crippen LogP contribution in [0.1, 0.15) is 303 Å².